The minimum atomic E-state index is -0.216. The van der Waals surface area contributed by atoms with Crippen molar-refractivity contribution >= 4 is 23.4 Å². The SMILES string of the molecule is Cc1nc(N[C@H]2C[C@@H](N)C2)nc2c1NC(=O)[C@H](C(C)C)N2C. The molecule has 0 radical (unpaired) electrons. The van der Waals surface area contributed by atoms with Gasteiger partial charge in [-0.3, -0.25) is 4.79 Å². The fraction of sp³-hybridized carbons (Fsp3) is 0.667. The number of carbonyl (C=O) groups excluding carboxylic acids is 1. The largest absolute Gasteiger partial charge is 0.351 e. The molecular weight excluding hydrogens is 280 g/mol. The van der Waals surface area contributed by atoms with E-state index in [1.807, 2.05) is 32.7 Å². The third kappa shape index (κ3) is 2.49. The number of hydrogen-bond donors (Lipinski definition) is 3. The van der Waals surface area contributed by atoms with Crippen LogP contribution < -0.4 is 21.3 Å². The fourth-order valence-corrected chi connectivity index (χ4v) is 3.24. The van der Waals surface area contributed by atoms with Gasteiger partial charge in [-0.15, -0.1) is 0 Å². The van der Waals surface area contributed by atoms with Gasteiger partial charge in [0.1, 0.15) is 11.7 Å². The zero-order valence-electron chi connectivity index (χ0n) is 13.6. The normalized spacial score (nSPS) is 27.3. The van der Waals surface area contributed by atoms with Crippen LogP contribution in [-0.2, 0) is 4.79 Å². The molecule has 7 heteroatoms. The van der Waals surface area contributed by atoms with Crippen molar-refractivity contribution in [2.24, 2.45) is 11.7 Å². The monoisotopic (exact) mass is 304 g/mol. The number of nitrogens with one attached hydrogen (secondary N) is 2. The number of amides is 1. The van der Waals surface area contributed by atoms with Crippen molar-refractivity contribution in [2.75, 3.05) is 22.6 Å². The third-order valence-electron chi connectivity index (χ3n) is 4.48. The van der Waals surface area contributed by atoms with Gasteiger partial charge in [0.05, 0.1) is 5.69 Å². The standard InChI is InChI=1S/C15H24N6O/c1-7(2)12-14(22)19-11-8(3)17-15(20-13(11)21(12)4)18-10-5-9(16)6-10/h7,9-10,12H,5-6,16H2,1-4H3,(H,19,22)(H,17,18,20)/t9-,10+,12-/m0/s1. The Morgan fingerprint density at radius 3 is 2.64 bits per heavy atom. The van der Waals surface area contributed by atoms with Crippen LogP contribution in [0.1, 0.15) is 32.4 Å². The van der Waals surface area contributed by atoms with E-state index in [2.05, 4.69) is 20.6 Å². The Labute approximate surface area is 130 Å². The Hall–Kier alpha value is -1.89. The molecule has 2 aliphatic rings. The quantitative estimate of drug-likeness (QED) is 0.774. The molecule has 1 fully saturated rings. The Bertz CT molecular complexity index is 596. The average Bonchev–Trinajstić information content (AvgIpc) is 2.38. The zero-order chi connectivity index (χ0) is 16.0. The van der Waals surface area contributed by atoms with Crippen LogP contribution in [0.2, 0.25) is 0 Å². The van der Waals surface area contributed by atoms with Gasteiger partial charge in [-0.25, -0.2) is 4.98 Å². The van der Waals surface area contributed by atoms with Crippen LogP contribution in [0.3, 0.4) is 0 Å². The number of hydrogen-bond acceptors (Lipinski definition) is 6. The van der Waals surface area contributed by atoms with Crippen LogP contribution in [-0.4, -0.2) is 41.0 Å². The van der Waals surface area contributed by atoms with Gasteiger partial charge in [0.25, 0.3) is 0 Å². The molecule has 1 aromatic heterocycles. The zero-order valence-corrected chi connectivity index (χ0v) is 13.6. The fourth-order valence-electron chi connectivity index (χ4n) is 3.24. The Balaban J connectivity index is 1.90. The first-order valence-corrected chi connectivity index (χ1v) is 7.81. The van der Waals surface area contributed by atoms with Crippen molar-refractivity contribution in [3.8, 4) is 0 Å². The van der Waals surface area contributed by atoms with E-state index in [-0.39, 0.29) is 23.9 Å². The molecule has 0 bridgehead atoms. The highest BCUT2D eigenvalue weighted by molar-refractivity contribution is 6.03. The molecule has 22 heavy (non-hydrogen) atoms. The molecule has 1 atom stereocenters. The van der Waals surface area contributed by atoms with Gasteiger partial charge in [-0.1, -0.05) is 13.8 Å². The molecule has 0 unspecified atom stereocenters. The van der Waals surface area contributed by atoms with Crippen LogP contribution in [0, 0.1) is 12.8 Å². The van der Waals surface area contributed by atoms with Gasteiger partial charge < -0.3 is 21.3 Å². The molecule has 1 aromatic rings. The van der Waals surface area contributed by atoms with Crippen LogP contribution in [0.5, 0.6) is 0 Å². The van der Waals surface area contributed by atoms with E-state index in [1.54, 1.807) is 0 Å². The highest BCUT2D eigenvalue weighted by Gasteiger charge is 2.35. The summed E-state index contributed by atoms with van der Waals surface area (Å²) in [5.41, 5.74) is 7.30. The van der Waals surface area contributed by atoms with E-state index >= 15 is 0 Å². The van der Waals surface area contributed by atoms with Crippen molar-refractivity contribution < 1.29 is 4.79 Å². The number of carbonyl (C=O) groups is 1. The lowest BCUT2D eigenvalue weighted by Crippen LogP contribution is -2.50. The average molecular weight is 304 g/mol. The number of nitrogens with zero attached hydrogens (tertiary/aromatic N) is 3. The second-order valence-electron chi connectivity index (χ2n) is 6.69. The lowest BCUT2D eigenvalue weighted by Gasteiger charge is -2.37. The third-order valence-corrected chi connectivity index (χ3v) is 4.48. The molecule has 1 aliphatic carbocycles. The molecule has 0 saturated heterocycles. The number of nitrogens with two attached hydrogens (primary N) is 1. The van der Waals surface area contributed by atoms with Crippen molar-refractivity contribution in [1.29, 1.82) is 0 Å². The first kappa shape index (κ1) is 15.0. The predicted molar refractivity (Wildman–Crippen MR) is 87.0 cm³/mol. The summed E-state index contributed by atoms with van der Waals surface area (Å²) >= 11 is 0. The maximum atomic E-state index is 12.3. The molecule has 1 amide bonds. The van der Waals surface area contributed by atoms with Gasteiger partial charge in [-0.2, -0.15) is 4.98 Å². The summed E-state index contributed by atoms with van der Waals surface area (Å²) in [5, 5.41) is 6.29. The summed E-state index contributed by atoms with van der Waals surface area (Å²) in [4.78, 5) is 23.3. The van der Waals surface area contributed by atoms with Gasteiger partial charge in [0, 0.05) is 19.1 Å². The molecule has 7 nitrogen and oxygen atoms in total. The summed E-state index contributed by atoms with van der Waals surface area (Å²) in [6.07, 6.45) is 1.89. The predicted octanol–water partition coefficient (Wildman–Crippen LogP) is 1.10. The molecule has 120 valence electrons. The van der Waals surface area contributed by atoms with E-state index in [4.69, 9.17) is 5.73 Å². The summed E-state index contributed by atoms with van der Waals surface area (Å²) in [6.45, 7) is 5.96. The highest BCUT2D eigenvalue weighted by atomic mass is 16.2. The first-order valence-electron chi connectivity index (χ1n) is 7.81. The van der Waals surface area contributed by atoms with E-state index < -0.39 is 0 Å². The summed E-state index contributed by atoms with van der Waals surface area (Å²) in [6, 6.07) is 0.409. The molecule has 1 aliphatic heterocycles. The number of likely N-dealkylation sites (N-methyl/N-ethyl adjacent to an activating group) is 1. The van der Waals surface area contributed by atoms with Crippen molar-refractivity contribution in [3.63, 3.8) is 0 Å². The smallest absolute Gasteiger partial charge is 0.247 e. The Morgan fingerprint density at radius 2 is 2.05 bits per heavy atom. The molecule has 3 rings (SSSR count). The minimum absolute atomic E-state index is 0.00220. The van der Waals surface area contributed by atoms with E-state index in [9.17, 15) is 4.79 Å². The van der Waals surface area contributed by atoms with Crippen LogP contribution in [0.15, 0.2) is 0 Å². The first-order chi connectivity index (χ1) is 10.4. The molecule has 0 aromatic carbocycles. The molecule has 2 heterocycles. The number of aromatic nitrogens is 2. The number of rotatable bonds is 3. The Morgan fingerprint density at radius 1 is 1.36 bits per heavy atom. The molecule has 4 N–H and O–H groups in total. The Kier molecular flexibility index (Phi) is 3.68. The summed E-state index contributed by atoms with van der Waals surface area (Å²) in [5.74, 6) is 1.59. The van der Waals surface area contributed by atoms with Crippen LogP contribution >= 0.6 is 0 Å². The van der Waals surface area contributed by atoms with E-state index in [0.717, 1.165) is 24.4 Å². The van der Waals surface area contributed by atoms with Gasteiger partial charge >= 0.3 is 0 Å². The molecule has 1 saturated carbocycles. The number of fused-ring (bicyclic) bond motifs is 1. The second kappa shape index (κ2) is 5.39. The molecular formula is C15H24N6O. The van der Waals surface area contributed by atoms with Gasteiger partial charge in [0.2, 0.25) is 11.9 Å². The second-order valence-corrected chi connectivity index (χ2v) is 6.69. The lowest BCUT2D eigenvalue weighted by molar-refractivity contribution is -0.118. The van der Waals surface area contributed by atoms with E-state index in [0.29, 0.717) is 17.7 Å². The van der Waals surface area contributed by atoms with Crippen molar-refractivity contribution in [3.05, 3.63) is 5.69 Å². The van der Waals surface area contributed by atoms with Crippen LogP contribution in [0.4, 0.5) is 17.5 Å². The maximum Gasteiger partial charge on any atom is 0.247 e. The minimum Gasteiger partial charge on any atom is -0.351 e. The summed E-state index contributed by atoms with van der Waals surface area (Å²) < 4.78 is 0. The van der Waals surface area contributed by atoms with Gasteiger partial charge in [0.15, 0.2) is 5.82 Å². The number of anilines is 3. The molecule has 0 spiro atoms. The van der Waals surface area contributed by atoms with Crippen molar-refractivity contribution in [1.82, 2.24) is 9.97 Å². The highest BCUT2D eigenvalue weighted by Crippen LogP contribution is 2.34. The van der Waals surface area contributed by atoms with E-state index in [1.165, 1.54) is 0 Å². The topological polar surface area (TPSA) is 96.2 Å². The van der Waals surface area contributed by atoms with Crippen LogP contribution in [0.25, 0.3) is 0 Å². The maximum absolute atomic E-state index is 12.3. The van der Waals surface area contributed by atoms with Crippen molar-refractivity contribution in [2.45, 2.75) is 51.7 Å². The van der Waals surface area contributed by atoms with Gasteiger partial charge in [-0.05, 0) is 25.7 Å². The summed E-state index contributed by atoms with van der Waals surface area (Å²) in [7, 11) is 1.91. The number of aryl methyl sites for hydroxylation is 1. The lowest BCUT2D eigenvalue weighted by atomic mass is 9.88.